The van der Waals surface area contributed by atoms with Crippen LogP contribution < -0.4 is 5.32 Å². The number of amides is 4. The predicted molar refractivity (Wildman–Crippen MR) is 114 cm³/mol. The van der Waals surface area contributed by atoms with Crippen LogP contribution >= 0.6 is 0 Å². The van der Waals surface area contributed by atoms with Crippen LogP contribution in [0.4, 0.5) is 0 Å². The first-order valence-electron chi connectivity index (χ1n) is 10.6. The largest absolute Gasteiger partial charge is 0.352 e. The summed E-state index contributed by atoms with van der Waals surface area (Å²) in [6.07, 6.45) is 3.52. The Morgan fingerprint density at radius 1 is 0.871 bits per heavy atom. The third kappa shape index (κ3) is 4.50. The molecule has 2 aromatic rings. The molecular weight excluding hydrogens is 394 g/mol. The minimum atomic E-state index is -0.327. The molecule has 7 nitrogen and oxygen atoms in total. The molecule has 0 atom stereocenters. The molecule has 2 aliphatic heterocycles. The molecule has 0 aromatic heterocycles. The average molecular weight is 419 g/mol. The molecule has 0 bridgehead atoms. The molecule has 1 N–H and O–H groups in total. The lowest BCUT2D eigenvalue weighted by Crippen LogP contribution is -2.37. The second kappa shape index (κ2) is 9.12. The van der Waals surface area contributed by atoms with Crippen LogP contribution in [0, 0.1) is 0 Å². The highest BCUT2D eigenvalue weighted by atomic mass is 16.2. The van der Waals surface area contributed by atoms with Gasteiger partial charge in [0.15, 0.2) is 0 Å². The van der Waals surface area contributed by atoms with E-state index in [9.17, 15) is 19.2 Å². The lowest BCUT2D eigenvalue weighted by atomic mass is 10.1. The van der Waals surface area contributed by atoms with Crippen molar-refractivity contribution in [3.05, 3.63) is 70.8 Å². The van der Waals surface area contributed by atoms with Gasteiger partial charge in [0.2, 0.25) is 5.91 Å². The standard InChI is InChI=1S/C24H25N3O4/c28-21(26-13-4-1-5-14-26)11-12-25-22(29)18-8-6-7-17(15-18)16-27-23(30)19-9-2-3-10-20(19)24(27)31/h2-3,6-10,15H,1,4-5,11-14,16H2,(H,25,29). The lowest BCUT2D eigenvalue weighted by Gasteiger charge is -2.26. The van der Waals surface area contributed by atoms with Crippen molar-refractivity contribution in [3.63, 3.8) is 0 Å². The fraction of sp³-hybridized carbons (Fsp3) is 0.333. The summed E-state index contributed by atoms with van der Waals surface area (Å²) >= 11 is 0. The molecule has 1 saturated heterocycles. The predicted octanol–water partition coefficient (Wildman–Crippen LogP) is 2.62. The molecule has 4 rings (SSSR count). The maximum Gasteiger partial charge on any atom is 0.261 e. The molecule has 2 aromatic carbocycles. The monoisotopic (exact) mass is 419 g/mol. The first kappa shape index (κ1) is 20.8. The zero-order valence-corrected chi connectivity index (χ0v) is 17.3. The van der Waals surface area contributed by atoms with Gasteiger partial charge in [0, 0.05) is 31.6 Å². The van der Waals surface area contributed by atoms with E-state index in [1.165, 1.54) is 4.90 Å². The van der Waals surface area contributed by atoms with Crippen molar-refractivity contribution in [3.8, 4) is 0 Å². The Morgan fingerprint density at radius 2 is 1.55 bits per heavy atom. The summed E-state index contributed by atoms with van der Waals surface area (Å²) in [4.78, 5) is 52.9. The zero-order chi connectivity index (χ0) is 21.8. The summed E-state index contributed by atoms with van der Waals surface area (Å²) in [6.45, 7) is 1.97. The van der Waals surface area contributed by atoms with E-state index < -0.39 is 0 Å². The molecule has 0 spiro atoms. The number of piperidine rings is 1. The van der Waals surface area contributed by atoms with Crippen molar-refractivity contribution in [2.75, 3.05) is 19.6 Å². The Labute approximate surface area is 181 Å². The van der Waals surface area contributed by atoms with E-state index in [0.717, 1.165) is 32.4 Å². The summed E-state index contributed by atoms with van der Waals surface area (Å²) in [6, 6.07) is 13.6. The van der Waals surface area contributed by atoms with Crippen LogP contribution in [0.25, 0.3) is 0 Å². The quantitative estimate of drug-likeness (QED) is 0.730. The third-order valence-corrected chi connectivity index (χ3v) is 5.74. The molecule has 160 valence electrons. The number of imide groups is 1. The van der Waals surface area contributed by atoms with Crippen LogP contribution in [0.3, 0.4) is 0 Å². The molecular formula is C24H25N3O4. The van der Waals surface area contributed by atoms with Gasteiger partial charge in [-0.1, -0.05) is 24.3 Å². The van der Waals surface area contributed by atoms with Gasteiger partial charge in [-0.15, -0.1) is 0 Å². The minimum absolute atomic E-state index is 0.0689. The number of carbonyl (C=O) groups is 4. The van der Waals surface area contributed by atoms with Gasteiger partial charge < -0.3 is 10.2 Å². The van der Waals surface area contributed by atoms with Gasteiger partial charge in [-0.3, -0.25) is 24.1 Å². The average Bonchev–Trinajstić information content (AvgIpc) is 3.05. The van der Waals surface area contributed by atoms with E-state index in [2.05, 4.69) is 5.32 Å². The number of fused-ring (bicyclic) bond motifs is 1. The normalized spacial score (nSPS) is 15.7. The highest BCUT2D eigenvalue weighted by Gasteiger charge is 2.35. The lowest BCUT2D eigenvalue weighted by molar-refractivity contribution is -0.131. The number of rotatable bonds is 6. The van der Waals surface area contributed by atoms with Gasteiger partial charge in [-0.05, 0) is 49.1 Å². The number of hydrogen-bond acceptors (Lipinski definition) is 4. The number of benzene rings is 2. The Balaban J connectivity index is 1.34. The van der Waals surface area contributed by atoms with E-state index in [0.29, 0.717) is 22.3 Å². The smallest absolute Gasteiger partial charge is 0.261 e. The van der Waals surface area contributed by atoms with Gasteiger partial charge in [-0.25, -0.2) is 0 Å². The fourth-order valence-corrected chi connectivity index (χ4v) is 4.06. The van der Waals surface area contributed by atoms with E-state index in [1.807, 2.05) is 4.90 Å². The maximum atomic E-state index is 12.6. The van der Waals surface area contributed by atoms with Crippen LogP contribution in [0.5, 0.6) is 0 Å². The van der Waals surface area contributed by atoms with Crippen molar-refractivity contribution < 1.29 is 19.2 Å². The third-order valence-electron chi connectivity index (χ3n) is 5.74. The molecule has 7 heteroatoms. The van der Waals surface area contributed by atoms with Crippen molar-refractivity contribution in [2.24, 2.45) is 0 Å². The Morgan fingerprint density at radius 3 is 2.23 bits per heavy atom. The SMILES string of the molecule is O=C(NCCC(=O)N1CCCCC1)c1cccc(CN2C(=O)c3ccccc3C2=O)c1. The first-order valence-corrected chi connectivity index (χ1v) is 10.6. The van der Waals surface area contributed by atoms with Crippen molar-refractivity contribution in [1.29, 1.82) is 0 Å². The molecule has 1 fully saturated rings. The van der Waals surface area contributed by atoms with Crippen molar-refractivity contribution >= 4 is 23.6 Å². The Kier molecular flexibility index (Phi) is 6.11. The second-order valence-electron chi connectivity index (χ2n) is 7.89. The maximum absolute atomic E-state index is 12.6. The van der Waals surface area contributed by atoms with Crippen LogP contribution in [-0.2, 0) is 11.3 Å². The van der Waals surface area contributed by atoms with Gasteiger partial charge in [0.05, 0.1) is 17.7 Å². The van der Waals surface area contributed by atoms with E-state index in [4.69, 9.17) is 0 Å². The number of nitrogens with zero attached hydrogens (tertiary/aromatic N) is 2. The van der Waals surface area contributed by atoms with Crippen LogP contribution in [0.2, 0.25) is 0 Å². The highest BCUT2D eigenvalue weighted by Crippen LogP contribution is 2.24. The van der Waals surface area contributed by atoms with Gasteiger partial charge >= 0.3 is 0 Å². The first-order chi connectivity index (χ1) is 15.0. The molecule has 0 unspecified atom stereocenters. The fourth-order valence-electron chi connectivity index (χ4n) is 4.06. The topological polar surface area (TPSA) is 86.8 Å². The summed E-state index contributed by atoms with van der Waals surface area (Å²) < 4.78 is 0. The number of carbonyl (C=O) groups excluding carboxylic acids is 4. The molecule has 2 heterocycles. The van der Waals surface area contributed by atoms with Crippen molar-refractivity contribution in [1.82, 2.24) is 15.1 Å². The molecule has 31 heavy (non-hydrogen) atoms. The summed E-state index contributed by atoms with van der Waals surface area (Å²) in [5, 5.41) is 2.79. The summed E-state index contributed by atoms with van der Waals surface area (Å²) in [5.41, 5.74) is 1.92. The van der Waals surface area contributed by atoms with E-state index in [1.54, 1.807) is 48.5 Å². The number of nitrogens with one attached hydrogen (secondary N) is 1. The second-order valence-corrected chi connectivity index (χ2v) is 7.89. The Hall–Kier alpha value is -3.48. The van der Waals surface area contributed by atoms with Crippen LogP contribution in [0.1, 0.15) is 62.3 Å². The Bertz CT molecular complexity index is 992. The minimum Gasteiger partial charge on any atom is -0.352 e. The molecule has 2 aliphatic rings. The van der Waals surface area contributed by atoms with Gasteiger partial charge in [0.25, 0.3) is 17.7 Å². The van der Waals surface area contributed by atoms with Crippen LogP contribution in [0.15, 0.2) is 48.5 Å². The van der Waals surface area contributed by atoms with Gasteiger partial charge in [0.1, 0.15) is 0 Å². The molecule has 4 amide bonds. The van der Waals surface area contributed by atoms with E-state index in [-0.39, 0.29) is 43.1 Å². The highest BCUT2D eigenvalue weighted by molar-refractivity contribution is 6.21. The van der Waals surface area contributed by atoms with Crippen molar-refractivity contribution in [2.45, 2.75) is 32.2 Å². The zero-order valence-electron chi connectivity index (χ0n) is 17.3. The summed E-state index contributed by atoms with van der Waals surface area (Å²) in [7, 11) is 0. The number of likely N-dealkylation sites (tertiary alicyclic amines) is 1. The van der Waals surface area contributed by atoms with E-state index >= 15 is 0 Å². The molecule has 0 saturated carbocycles. The van der Waals surface area contributed by atoms with Gasteiger partial charge in [-0.2, -0.15) is 0 Å². The number of hydrogen-bond donors (Lipinski definition) is 1. The molecule has 0 radical (unpaired) electrons. The summed E-state index contributed by atoms with van der Waals surface area (Å²) in [5.74, 6) is -0.867. The van der Waals surface area contributed by atoms with Crippen LogP contribution in [-0.4, -0.2) is 53.1 Å². The molecule has 0 aliphatic carbocycles.